The molecule has 108 valence electrons. The molecule has 5 nitrogen and oxygen atoms in total. The zero-order valence-electron chi connectivity index (χ0n) is 11.9. The zero-order valence-corrected chi connectivity index (χ0v) is 12.7. The lowest BCUT2D eigenvalue weighted by Crippen LogP contribution is -1.90. The Morgan fingerprint density at radius 1 is 1.20 bits per heavy atom. The Labute approximate surface area is 122 Å². The predicted octanol–water partition coefficient (Wildman–Crippen LogP) is 3.65. The Morgan fingerprint density at radius 2 is 2.05 bits per heavy atom. The van der Waals surface area contributed by atoms with E-state index in [1.54, 1.807) is 26.0 Å². The van der Waals surface area contributed by atoms with Crippen molar-refractivity contribution in [2.45, 2.75) is 25.0 Å². The van der Waals surface area contributed by atoms with Crippen molar-refractivity contribution in [1.29, 1.82) is 0 Å². The second-order valence-electron chi connectivity index (χ2n) is 4.14. The van der Waals surface area contributed by atoms with Crippen molar-refractivity contribution in [1.82, 2.24) is 10.2 Å². The van der Waals surface area contributed by atoms with Crippen LogP contribution in [0, 0.1) is 0 Å². The van der Waals surface area contributed by atoms with Crippen molar-refractivity contribution in [3.8, 4) is 23.0 Å². The lowest BCUT2D eigenvalue weighted by Gasteiger charge is -2.07. The van der Waals surface area contributed by atoms with Crippen molar-refractivity contribution in [2.24, 2.45) is 0 Å². The van der Waals surface area contributed by atoms with Crippen LogP contribution in [0.1, 0.15) is 19.8 Å². The molecule has 0 saturated heterocycles. The van der Waals surface area contributed by atoms with Crippen molar-refractivity contribution in [2.75, 3.05) is 20.0 Å². The number of benzene rings is 1. The summed E-state index contributed by atoms with van der Waals surface area (Å²) < 4.78 is 16.2. The van der Waals surface area contributed by atoms with Gasteiger partial charge in [0.1, 0.15) is 11.5 Å². The van der Waals surface area contributed by atoms with Crippen LogP contribution in [0.15, 0.2) is 27.8 Å². The van der Waals surface area contributed by atoms with Gasteiger partial charge in [-0.25, -0.2) is 0 Å². The van der Waals surface area contributed by atoms with E-state index in [-0.39, 0.29) is 0 Å². The molecule has 1 aromatic carbocycles. The Hall–Kier alpha value is -1.69. The summed E-state index contributed by atoms with van der Waals surface area (Å²) in [6, 6.07) is 5.48. The molecule has 0 N–H and O–H groups in total. The molecule has 6 heteroatoms. The molecule has 0 saturated carbocycles. The third-order valence-corrected chi connectivity index (χ3v) is 3.67. The van der Waals surface area contributed by atoms with Crippen LogP contribution in [-0.2, 0) is 0 Å². The standard InChI is InChI=1S/C14H18N2O3S/c1-4-5-8-20-14-16-15-13(19-14)11-9-10(17-2)6-7-12(11)18-3/h6-7,9H,4-5,8H2,1-3H3. The third kappa shape index (κ3) is 3.45. The lowest BCUT2D eigenvalue weighted by atomic mass is 10.2. The van der Waals surface area contributed by atoms with Gasteiger partial charge in [-0.2, -0.15) is 0 Å². The van der Waals surface area contributed by atoms with Gasteiger partial charge in [0.25, 0.3) is 11.1 Å². The molecule has 20 heavy (non-hydrogen) atoms. The molecule has 0 fully saturated rings. The van der Waals surface area contributed by atoms with Gasteiger partial charge < -0.3 is 13.9 Å². The molecular weight excluding hydrogens is 276 g/mol. The predicted molar refractivity (Wildman–Crippen MR) is 78.5 cm³/mol. The second kappa shape index (κ2) is 7.19. The molecule has 0 aliphatic rings. The highest BCUT2D eigenvalue weighted by molar-refractivity contribution is 7.99. The van der Waals surface area contributed by atoms with E-state index in [2.05, 4.69) is 17.1 Å². The molecule has 0 bridgehead atoms. The summed E-state index contributed by atoms with van der Waals surface area (Å²) in [5.74, 6) is 2.83. The van der Waals surface area contributed by atoms with Crippen LogP contribution in [0.25, 0.3) is 11.5 Å². The summed E-state index contributed by atoms with van der Waals surface area (Å²) in [4.78, 5) is 0. The number of hydrogen-bond acceptors (Lipinski definition) is 6. The topological polar surface area (TPSA) is 57.4 Å². The van der Waals surface area contributed by atoms with Gasteiger partial charge in [-0.1, -0.05) is 25.1 Å². The summed E-state index contributed by atoms with van der Waals surface area (Å²) >= 11 is 1.57. The SMILES string of the molecule is CCCCSc1nnc(-c2cc(OC)ccc2OC)o1. The van der Waals surface area contributed by atoms with Crippen LogP contribution in [0.2, 0.25) is 0 Å². The maximum Gasteiger partial charge on any atom is 0.276 e. The van der Waals surface area contributed by atoms with Gasteiger partial charge in [0.2, 0.25) is 0 Å². The van der Waals surface area contributed by atoms with E-state index >= 15 is 0 Å². The van der Waals surface area contributed by atoms with Crippen LogP contribution >= 0.6 is 11.8 Å². The maximum absolute atomic E-state index is 5.66. The second-order valence-corrected chi connectivity index (χ2v) is 5.19. The first-order valence-corrected chi connectivity index (χ1v) is 7.45. The van der Waals surface area contributed by atoms with Gasteiger partial charge in [-0.3, -0.25) is 0 Å². The number of aromatic nitrogens is 2. The van der Waals surface area contributed by atoms with Crippen LogP contribution in [-0.4, -0.2) is 30.2 Å². The summed E-state index contributed by atoms with van der Waals surface area (Å²) in [7, 11) is 3.23. The Balaban J connectivity index is 2.22. The van der Waals surface area contributed by atoms with Crippen molar-refractivity contribution in [3.05, 3.63) is 18.2 Å². The molecule has 0 atom stereocenters. The van der Waals surface area contributed by atoms with E-state index in [4.69, 9.17) is 13.9 Å². The fourth-order valence-corrected chi connectivity index (χ4v) is 2.51. The minimum atomic E-state index is 0.444. The van der Waals surface area contributed by atoms with Crippen molar-refractivity contribution >= 4 is 11.8 Å². The van der Waals surface area contributed by atoms with E-state index in [1.807, 2.05) is 18.2 Å². The van der Waals surface area contributed by atoms with Gasteiger partial charge in [0.15, 0.2) is 0 Å². The first-order valence-electron chi connectivity index (χ1n) is 6.47. The van der Waals surface area contributed by atoms with Gasteiger partial charge in [0, 0.05) is 5.75 Å². The van der Waals surface area contributed by atoms with E-state index in [9.17, 15) is 0 Å². The maximum atomic E-state index is 5.66. The highest BCUT2D eigenvalue weighted by Gasteiger charge is 2.14. The molecule has 2 aromatic rings. The molecule has 1 aromatic heterocycles. The Bertz CT molecular complexity index is 557. The summed E-state index contributed by atoms with van der Waals surface area (Å²) in [6.45, 7) is 2.15. The molecule has 0 spiro atoms. The third-order valence-electron chi connectivity index (χ3n) is 2.77. The molecule has 0 unspecified atom stereocenters. The molecule has 0 aliphatic carbocycles. The number of thioether (sulfide) groups is 1. The highest BCUT2D eigenvalue weighted by Crippen LogP contribution is 2.33. The van der Waals surface area contributed by atoms with Gasteiger partial charge in [-0.15, -0.1) is 10.2 Å². The largest absolute Gasteiger partial charge is 0.497 e. The quantitative estimate of drug-likeness (QED) is 0.574. The van der Waals surface area contributed by atoms with E-state index < -0.39 is 0 Å². The van der Waals surface area contributed by atoms with Crippen molar-refractivity contribution < 1.29 is 13.9 Å². The Kier molecular flexibility index (Phi) is 5.29. The van der Waals surface area contributed by atoms with Gasteiger partial charge in [0.05, 0.1) is 19.8 Å². The van der Waals surface area contributed by atoms with E-state index in [1.165, 1.54) is 0 Å². The normalized spacial score (nSPS) is 10.6. The fourth-order valence-electron chi connectivity index (χ4n) is 1.66. The highest BCUT2D eigenvalue weighted by atomic mass is 32.2. The minimum Gasteiger partial charge on any atom is -0.497 e. The molecule has 1 heterocycles. The number of hydrogen-bond donors (Lipinski definition) is 0. The average Bonchev–Trinajstić information content (AvgIpc) is 2.95. The van der Waals surface area contributed by atoms with Crippen molar-refractivity contribution in [3.63, 3.8) is 0 Å². The minimum absolute atomic E-state index is 0.444. The molecule has 2 rings (SSSR count). The van der Waals surface area contributed by atoms with Crippen LogP contribution in [0.5, 0.6) is 11.5 Å². The number of nitrogens with zero attached hydrogens (tertiary/aromatic N) is 2. The van der Waals surface area contributed by atoms with Gasteiger partial charge in [-0.05, 0) is 24.6 Å². The number of methoxy groups -OCH3 is 2. The first kappa shape index (κ1) is 14.7. The van der Waals surface area contributed by atoms with Crippen LogP contribution in [0.4, 0.5) is 0 Å². The summed E-state index contributed by atoms with van der Waals surface area (Å²) in [5, 5.41) is 8.70. The molecular formula is C14H18N2O3S. The summed E-state index contributed by atoms with van der Waals surface area (Å²) in [5.41, 5.74) is 0.738. The lowest BCUT2D eigenvalue weighted by molar-refractivity contribution is 0.401. The van der Waals surface area contributed by atoms with E-state index in [0.717, 1.165) is 29.9 Å². The Morgan fingerprint density at radius 3 is 2.75 bits per heavy atom. The monoisotopic (exact) mass is 294 g/mol. The number of ether oxygens (including phenoxy) is 2. The molecule has 0 radical (unpaired) electrons. The number of unbranched alkanes of at least 4 members (excludes halogenated alkanes) is 1. The number of rotatable bonds is 7. The smallest absolute Gasteiger partial charge is 0.276 e. The first-order chi connectivity index (χ1) is 9.78. The van der Waals surface area contributed by atoms with Crippen LogP contribution in [0.3, 0.4) is 0 Å². The molecule has 0 aliphatic heterocycles. The fraction of sp³-hybridized carbons (Fsp3) is 0.429. The molecule has 0 amide bonds. The van der Waals surface area contributed by atoms with Gasteiger partial charge >= 0.3 is 0 Å². The average molecular weight is 294 g/mol. The summed E-state index contributed by atoms with van der Waals surface area (Å²) in [6.07, 6.45) is 2.28. The van der Waals surface area contributed by atoms with E-state index in [0.29, 0.717) is 16.9 Å². The van der Waals surface area contributed by atoms with Crippen LogP contribution < -0.4 is 9.47 Å². The zero-order chi connectivity index (χ0) is 14.4.